The molecule has 2 rings (SSSR count). The molecule has 0 saturated carbocycles. The lowest BCUT2D eigenvalue weighted by Crippen LogP contribution is -2.42. The highest BCUT2D eigenvalue weighted by atomic mass is 19.1. The van der Waals surface area contributed by atoms with Crippen molar-refractivity contribution in [3.05, 3.63) is 29.6 Å². The van der Waals surface area contributed by atoms with E-state index in [1.165, 1.54) is 6.07 Å². The van der Waals surface area contributed by atoms with Gasteiger partial charge < -0.3 is 16.0 Å². The van der Waals surface area contributed by atoms with Crippen molar-refractivity contribution in [2.75, 3.05) is 24.5 Å². The van der Waals surface area contributed by atoms with Crippen LogP contribution in [0.1, 0.15) is 38.3 Å². The van der Waals surface area contributed by atoms with Crippen LogP contribution in [0.4, 0.5) is 10.1 Å². The molecule has 1 aromatic carbocycles. The summed E-state index contributed by atoms with van der Waals surface area (Å²) >= 11 is 0. The lowest BCUT2D eigenvalue weighted by atomic mass is 9.95. The molecule has 2 atom stereocenters. The first-order chi connectivity index (χ1) is 10.0. The van der Waals surface area contributed by atoms with Crippen molar-refractivity contribution < 1.29 is 9.18 Å². The van der Waals surface area contributed by atoms with Crippen LogP contribution in [0.5, 0.6) is 0 Å². The molecule has 0 radical (unpaired) electrons. The number of nitrogens with zero attached hydrogens (tertiary/aromatic N) is 1. The molecule has 1 amide bonds. The largest absolute Gasteiger partial charge is 0.369 e. The Morgan fingerprint density at radius 2 is 2.33 bits per heavy atom. The first-order valence-electron chi connectivity index (χ1n) is 7.60. The second kappa shape index (κ2) is 6.89. The lowest BCUT2D eigenvalue weighted by Gasteiger charge is -2.35. The van der Waals surface area contributed by atoms with Gasteiger partial charge in [-0.15, -0.1) is 0 Å². The summed E-state index contributed by atoms with van der Waals surface area (Å²) in [7, 11) is 0. The van der Waals surface area contributed by atoms with Crippen LogP contribution in [0.25, 0.3) is 0 Å². The van der Waals surface area contributed by atoms with Crippen molar-refractivity contribution in [3.63, 3.8) is 0 Å². The molecule has 21 heavy (non-hydrogen) atoms. The van der Waals surface area contributed by atoms with Crippen LogP contribution in [0.2, 0.25) is 0 Å². The Balaban J connectivity index is 2.31. The Morgan fingerprint density at radius 3 is 3.00 bits per heavy atom. The van der Waals surface area contributed by atoms with Gasteiger partial charge in [0.1, 0.15) is 5.82 Å². The zero-order valence-corrected chi connectivity index (χ0v) is 12.7. The van der Waals surface area contributed by atoms with Crippen molar-refractivity contribution in [2.24, 2.45) is 11.7 Å². The smallest absolute Gasteiger partial charge is 0.222 e. The summed E-state index contributed by atoms with van der Waals surface area (Å²) in [6.45, 7) is 6.14. The number of nitrogens with two attached hydrogens (primary N) is 1. The maximum Gasteiger partial charge on any atom is 0.222 e. The highest BCUT2D eigenvalue weighted by Crippen LogP contribution is 2.32. The van der Waals surface area contributed by atoms with Crippen molar-refractivity contribution >= 4 is 11.6 Å². The number of hydrogen-bond acceptors (Lipinski definition) is 3. The van der Waals surface area contributed by atoms with E-state index in [-0.39, 0.29) is 23.7 Å². The van der Waals surface area contributed by atoms with Gasteiger partial charge >= 0.3 is 0 Å². The van der Waals surface area contributed by atoms with Crippen LogP contribution in [-0.2, 0) is 4.79 Å². The molecule has 4 nitrogen and oxygen atoms in total. The van der Waals surface area contributed by atoms with Gasteiger partial charge in [-0.05, 0) is 37.9 Å². The molecule has 1 fully saturated rings. The molecule has 0 spiro atoms. The number of carbonyl (C=O) groups excluding carboxylic acids is 1. The number of piperidine rings is 1. The van der Waals surface area contributed by atoms with Gasteiger partial charge in [0, 0.05) is 19.1 Å². The van der Waals surface area contributed by atoms with Gasteiger partial charge in [-0.25, -0.2) is 4.39 Å². The third-order valence-corrected chi connectivity index (χ3v) is 4.13. The molecule has 2 unspecified atom stereocenters. The number of carbonyl (C=O) groups is 1. The van der Waals surface area contributed by atoms with Gasteiger partial charge in [-0.1, -0.05) is 19.1 Å². The summed E-state index contributed by atoms with van der Waals surface area (Å²) in [4.78, 5) is 13.4. The minimum atomic E-state index is -0.294. The molecular weight excluding hydrogens is 269 g/mol. The summed E-state index contributed by atoms with van der Waals surface area (Å²) in [5, 5.41) is 3.32. The average molecular weight is 293 g/mol. The number of para-hydroxylation sites is 1. The van der Waals surface area contributed by atoms with E-state index >= 15 is 0 Å². The van der Waals surface area contributed by atoms with Crippen LogP contribution in [0, 0.1) is 11.7 Å². The van der Waals surface area contributed by atoms with Crippen molar-refractivity contribution in [3.8, 4) is 0 Å². The van der Waals surface area contributed by atoms with E-state index in [9.17, 15) is 9.18 Å². The second-order valence-electron chi connectivity index (χ2n) is 5.64. The minimum absolute atomic E-state index is 0.0645. The van der Waals surface area contributed by atoms with Crippen LogP contribution >= 0.6 is 0 Å². The maximum atomic E-state index is 14.4. The monoisotopic (exact) mass is 293 g/mol. The fraction of sp³-hybridized carbons (Fsp3) is 0.562. The second-order valence-corrected chi connectivity index (χ2v) is 5.64. The van der Waals surface area contributed by atoms with Crippen LogP contribution < -0.4 is 16.0 Å². The van der Waals surface area contributed by atoms with Crippen molar-refractivity contribution in [1.82, 2.24) is 5.32 Å². The van der Waals surface area contributed by atoms with E-state index in [1.807, 2.05) is 24.8 Å². The maximum absolute atomic E-state index is 14.4. The fourth-order valence-electron chi connectivity index (χ4n) is 3.04. The SMILES string of the molecule is CCNC(C)c1cccc(F)c1N1CCCC(C(N)=O)C1. The Labute approximate surface area is 125 Å². The summed E-state index contributed by atoms with van der Waals surface area (Å²) < 4.78 is 14.4. The number of rotatable bonds is 5. The lowest BCUT2D eigenvalue weighted by molar-refractivity contribution is -0.122. The zero-order chi connectivity index (χ0) is 15.4. The fourth-order valence-corrected chi connectivity index (χ4v) is 3.04. The van der Waals surface area contributed by atoms with Gasteiger partial charge in [0.05, 0.1) is 11.6 Å². The van der Waals surface area contributed by atoms with Crippen molar-refractivity contribution in [1.29, 1.82) is 0 Å². The number of benzene rings is 1. The number of hydrogen-bond donors (Lipinski definition) is 2. The van der Waals surface area contributed by atoms with Gasteiger partial charge in [0.25, 0.3) is 0 Å². The van der Waals surface area contributed by atoms with E-state index in [1.54, 1.807) is 6.07 Å². The molecule has 1 aliphatic rings. The number of primary amides is 1. The third-order valence-electron chi connectivity index (χ3n) is 4.13. The molecule has 0 aliphatic carbocycles. The van der Waals surface area contributed by atoms with E-state index in [2.05, 4.69) is 5.32 Å². The van der Waals surface area contributed by atoms with Gasteiger partial charge in [-0.3, -0.25) is 4.79 Å². The molecule has 1 saturated heterocycles. The molecule has 116 valence electrons. The molecule has 1 aromatic rings. The molecular formula is C16H24FN3O. The number of anilines is 1. The van der Waals surface area contributed by atoms with E-state index in [0.29, 0.717) is 12.2 Å². The first kappa shape index (κ1) is 15.8. The normalized spacial score (nSPS) is 20.3. The molecule has 5 heteroatoms. The Morgan fingerprint density at radius 1 is 1.57 bits per heavy atom. The highest BCUT2D eigenvalue weighted by Gasteiger charge is 2.27. The number of nitrogens with one attached hydrogen (secondary N) is 1. The van der Waals surface area contributed by atoms with Crippen LogP contribution in [-0.4, -0.2) is 25.5 Å². The highest BCUT2D eigenvalue weighted by molar-refractivity contribution is 5.77. The molecule has 0 aromatic heterocycles. The molecule has 1 heterocycles. The van der Waals surface area contributed by atoms with Gasteiger partial charge in [0.2, 0.25) is 5.91 Å². The summed E-state index contributed by atoms with van der Waals surface area (Å²) in [6, 6.07) is 5.22. The summed E-state index contributed by atoms with van der Waals surface area (Å²) in [5.74, 6) is -0.722. The van der Waals surface area contributed by atoms with Gasteiger partial charge in [-0.2, -0.15) is 0 Å². The summed E-state index contributed by atoms with van der Waals surface area (Å²) in [5.41, 5.74) is 6.96. The third kappa shape index (κ3) is 3.53. The van der Waals surface area contributed by atoms with Crippen LogP contribution in [0.3, 0.4) is 0 Å². The van der Waals surface area contributed by atoms with E-state index < -0.39 is 0 Å². The number of amides is 1. The summed E-state index contributed by atoms with van der Waals surface area (Å²) in [6.07, 6.45) is 1.65. The Kier molecular flexibility index (Phi) is 5.17. The quantitative estimate of drug-likeness (QED) is 0.875. The predicted molar refractivity (Wildman–Crippen MR) is 82.6 cm³/mol. The molecule has 3 N–H and O–H groups in total. The Hall–Kier alpha value is -1.62. The molecule has 0 bridgehead atoms. The standard InChI is InChI=1S/C16H24FN3O/c1-3-19-11(2)13-7-4-8-14(17)15(13)20-9-5-6-12(10-20)16(18)21/h4,7-8,11-12,19H,3,5-6,9-10H2,1-2H3,(H2,18,21). The zero-order valence-electron chi connectivity index (χ0n) is 12.7. The average Bonchev–Trinajstić information content (AvgIpc) is 2.47. The minimum Gasteiger partial charge on any atom is -0.369 e. The van der Waals surface area contributed by atoms with E-state index in [4.69, 9.17) is 5.73 Å². The number of halogens is 1. The molecule has 1 aliphatic heterocycles. The van der Waals surface area contributed by atoms with Crippen molar-refractivity contribution in [2.45, 2.75) is 32.7 Å². The topological polar surface area (TPSA) is 58.4 Å². The first-order valence-corrected chi connectivity index (χ1v) is 7.60. The predicted octanol–water partition coefficient (Wildman–Crippen LogP) is 2.20. The Bertz CT molecular complexity index is 506. The van der Waals surface area contributed by atoms with E-state index in [0.717, 1.165) is 31.5 Å². The van der Waals surface area contributed by atoms with Gasteiger partial charge in [0.15, 0.2) is 0 Å². The van der Waals surface area contributed by atoms with Crippen LogP contribution in [0.15, 0.2) is 18.2 Å².